The molecule has 3 saturated heterocycles. The molecule has 3 aliphatic rings. The molecule has 3 aliphatic heterocycles. The second-order valence-corrected chi connectivity index (χ2v) is 15.1. The second-order valence-electron chi connectivity index (χ2n) is 15.1. The van der Waals surface area contributed by atoms with Gasteiger partial charge in [-0.1, -0.05) is 52.0 Å². The molecule has 1 aromatic heterocycles. The molecular weight excluding hydrogens is 744 g/mol. The molecule has 15 unspecified atom stereocenters. The molecule has 0 bridgehead atoms. The van der Waals surface area contributed by atoms with Crippen molar-refractivity contribution in [3.05, 3.63) is 45.3 Å². The van der Waals surface area contributed by atoms with Crippen LogP contribution in [0.2, 0.25) is 0 Å². The van der Waals surface area contributed by atoms with Crippen LogP contribution >= 0.6 is 0 Å². The summed E-state index contributed by atoms with van der Waals surface area (Å²) >= 11 is 0. The van der Waals surface area contributed by atoms with Crippen LogP contribution in [0.5, 0.6) is 0 Å². The van der Waals surface area contributed by atoms with Gasteiger partial charge in [0.25, 0.3) is 5.56 Å². The first kappa shape index (κ1) is 45.6. The summed E-state index contributed by atoms with van der Waals surface area (Å²) in [4.78, 5) is 51.0. The summed E-state index contributed by atoms with van der Waals surface area (Å²) in [5.74, 6) is -0.694. The molecule has 0 saturated carbocycles. The van der Waals surface area contributed by atoms with Crippen molar-refractivity contribution < 1.29 is 69.4 Å². The molecule has 20 nitrogen and oxygen atoms in total. The van der Waals surface area contributed by atoms with E-state index < -0.39 is 128 Å². The van der Waals surface area contributed by atoms with Crippen molar-refractivity contribution in [1.82, 2.24) is 20.2 Å². The van der Waals surface area contributed by atoms with E-state index in [-0.39, 0.29) is 0 Å². The number of nitrogens with zero attached hydrogens (tertiary/aromatic N) is 1. The van der Waals surface area contributed by atoms with Crippen molar-refractivity contribution in [2.45, 2.75) is 164 Å². The van der Waals surface area contributed by atoms with Crippen LogP contribution in [0.25, 0.3) is 0 Å². The predicted molar refractivity (Wildman–Crippen MR) is 193 cm³/mol. The Bertz CT molecular complexity index is 1560. The SMILES string of the molecule is CC(=O)NC1C(OC2OC(CC(O)C3OC(n4ccc(=O)[nH]c4=O)C(O)C3O)C(O)C(O)C2NC(=O)/C=C/CCCCCCCC(C)C)OC(CO)C(O)C1O. The van der Waals surface area contributed by atoms with Gasteiger partial charge in [-0.05, 0) is 24.8 Å². The number of hydrogen-bond donors (Lipinski definition) is 11. The number of carbonyl (C=O) groups is 2. The third-order valence-corrected chi connectivity index (χ3v) is 10.2. The summed E-state index contributed by atoms with van der Waals surface area (Å²) in [5, 5.41) is 91.2. The Kier molecular flexibility index (Phi) is 17.1. The number of aromatic nitrogens is 2. The van der Waals surface area contributed by atoms with Crippen molar-refractivity contribution in [2.75, 3.05) is 6.61 Å². The monoisotopic (exact) mass is 802 g/mol. The summed E-state index contributed by atoms with van der Waals surface area (Å²) < 4.78 is 24.1. The van der Waals surface area contributed by atoms with Crippen LogP contribution in [0, 0.1) is 5.92 Å². The standard InChI is InChI=1S/C36H58N4O16/c1-17(2)11-9-7-5-4-6-8-10-12-22(44)38-25-29(49)26(46)20(53-35(25)56-34-24(37-18(3)42)28(48)27(47)21(16-41)54-34)15-19(43)32-30(50)31(51)33(55-32)40-14-13-23(45)39-36(40)52/h10,12-14,17,19-21,24-35,41,43,46-51H,4-9,11,15-16H2,1-3H3,(H,37,42)(H,38,44)(H,39,45,52)/b12-10+. The zero-order valence-corrected chi connectivity index (χ0v) is 31.7. The average Bonchev–Trinajstić information content (AvgIpc) is 3.43. The third kappa shape index (κ3) is 11.7. The fourth-order valence-corrected chi connectivity index (χ4v) is 7.10. The molecule has 2 amide bonds. The Morgan fingerprint density at radius 3 is 2.09 bits per heavy atom. The van der Waals surface area contributed by atoms with Gasteiger partial charge < -0.3 is 70.4 Å². The van der Waals surface area contributed by atoms with Crippen LogP contribution in [0.4, 0.5) is 0 Å². The van der Waals surface area contributed by atoms with Crippen LogP contribution in [0.1, 0.15) is 78.4 Å². The van der Waals surface area contributed by atoms with Gasteiger partial charge in [-0.2, -0.15) is 0 Å². The number of unbranched alkanes of at least 4 members (excludes halogenated alkanes) is 5. The summed E-state index contributed by atoms with van der Waals surface area (Å²) in [6.07, 6.45) is -11.5. The highest BCUT2D eigenvalue weighted by atomic mass is 16.8. The van der Waals surface area contributed by atoms with Gasteiger partial charge in [-0.15, -0.1) is 0 Å². The number of H-pyrrole nitrogens is 1. The Labute approximate surface area is 323 Å². The fourth-order valence-electron chi connectivity index (χ4n) is 7.10. The van der Waals surface area contributed by atoms with Crippen molar-refractivity contribution in [2.24, 2.45) is 5.92 Å². The number of aromatic amines is 1. The van der Waals surface area contributed by atoms with Gasteiger partial charge in [0.15, 0.2) is 18.8 Å². The highest BCUT2D eigenvalue weighted by molar-refractivity contribution is 5.87. The van der Waals surface area contributed by atoms with Crippen molar-refractivity contribution in [3.63, 3.8) is 0 Å². The fraction of sp³-hybridized carbons (Fsp3) is 0.778. The molecule has 11 N–H and O–H groups in total. The number of allylic oxidation sites excluding steroid dienone is 1. The topological polar surface area (TPSA) is 312 Å². The van der Waals surface area contributed by atoms with Crippen LogP contribution in [-0.2, 0) is 28.5 Å². The van der Waals surface area contributed by atoms with Gasteiger partial charge in [-0.3, -0.25) is 23.9 Å². The van der Waals surface area contributed by atoms with E-state index >= 15 is 0 Å². The molecule has 0 spiro atoms. The Balaban J connectivity index is 1.50. The van der Waals surface area contributed by atoms with Crippen molar-refractivity contribution in [3.8, 4) is 0 Å². The lowest BCUT2D eigenvalue weighted by Crippen LogP contribution is -2.68. The number of hydrogen-bond acceptors (Lipinski definition) is 16. The summed E-state index contributed by atoms with van der Waals surface area (Å²) in [6.45, 7) is 4.72. The van der Waals surface area contributed by atoms with E-state index in [1.807, 2.05) is 4.98 Å². The lowest BCUT2D eigenvalue weighted by Gasteiger charge is -2.47. The summed E-state index contributed by atoms with van der Waals surface area (Å²) in [5.41, 5.74) is -1.69. The zero-order chi connectivity index (χ0) is 41.3. The highest BCUT2D eigenvalue weighted by Gasteiger charge is 2.53. The molecular formula is C36H58N4O16. The molecule has 1 aromatic rings. The van der Waals surface area contributed by atoms with Gasteiger partial charge >= 0.3 is 5.69 Å². The smallest absolute Gasteiger partial charge is 0.330 e. The average molecular weight is 803 g/mol. The second kappa shape index (κ2) is 21.0. The van der Waals surface area contributed by atoms with Crippen LogP contribution in [0.15, 0.2) is 34.0 Å². The van der Waals surface area contributed by atoms with Crippen LogP contribution < -0.4 is 21.9 Å². The van der Waals surface area contributed by atoms with Gasteiger partial charge in [0, 0.05) is 25.6 Å². The van der Waals surface area contributed by atoms with Gasteiger partial charge in [0.05, 0.1) is 18.8 Å². The van der Waals surface area contributed by atoms with Gasteiger partial charge in [0.2, 0.25) is 11.8 Å². The minimum Gasteiger partial charge on any atom is -0.394 e. The van der Waals surface area contributed by atoms with E-state index in [2.05, 4.69) is 24.5 Å². The summed E-state index contributed by atoms with van der Waals surface area (Å²) in [6, 6.07) is -2.01. The normalized spacial score (nSPS) is 35.5. The highest BCUT2D eigenvalue weighted by Crippen LogP contribution is 2.34. The van der Waals surface area contributed by atoms with Gasteiger partial charge in [0.1, 0.15) is 60.9 Å². The Hall–Kier alpha value is -3.12. The quantitative estimate of drug-likeness (QED) is 0.0513. The Morgan fingerprint density at radius 2 is 1.46 bits per heavy atom. The van der Waals surface area contributed by atoms with Crippen molar-refractivity contribution in [1.29, 1.82) is 0 Å². The first-order valence-corrected chi connectivity index (χ1v) is 19.1. The first-order chi connectivity index (χ1) is 26.5. The van der Waals surface area contributed by atoms with Gasteiger partial charge in [-0.25, -0.2) is 4.79 Å². The molecule has 318 valence electrons. The zero-order valence-electron chi connectivity index (χ0n) is 31.7. The molecule has 3 fully saturated rings. The summed E-state index contributed by atoms with van der Waals surface area (Å²) in [7, 11) is 0. The van der Waals surface area contributed by atoms with E-state index in [1.165, 1.54) is 12.5 Å². The maximum absolute atomic E-state index is 13.1. The first-order valence-electron chi connectivity index (χ1n) is 19.1. The number of aliphatic hydroxyl groups is 8. The van der Waals surface area contributed by atoms with E-state index in [9.17, 15) is 60.0 Å². The van der Waals surface area contributed by atoms with Crippen LogP contribution in [0.3, 0.4) is 0 Å². The maximum Gasteiger partial charge on any atom is 0.330 e. The number of aliphatic hydroxyl groups excluding tert-OH is 8. The molecule has 20 heteroatoms. The Morgan fingerprint density at radius 1 is 0.857 bits per heavy atom. The molecule has 15 atom stereocenters. The third-order valence-electron chi connectivity index (χ3n) is 10.2. The lowest BCUT2D eigenvalue weighted by molar-refractivity contribution is -0.346. The lowest BCUT2D eigenvalue weighted by atomic mass is 9.91. The predicted octanol–water partition coefficient (Wildman–Crippen LogP) is -3.26. The number of ether oxygens (including phenoxy) is 4. The molecule has 0 radical (unpaired) electrons. The van der Waals surface area contributed by atoms with E-state index in [4.69, 9.17) is 18.9 Å². The number of rotatable bonds is 18. The molecule has 4 rings (SSSR count). The van der Waals surface area contributed by atoms with E-state index in [0.717, 1.165) is 55.9 Å². The van der Waals surface area contributed by atoms with E-state index in [0.29, 0.717) is 12.3 Å². The number of carbonyl (C=O) groups excluding carboxylic acids is 2. The van der Waals surface area contributed by atoms with Crippen LogP contribution in [-0.4, -0.2) is 155 Å². The number of nitrogens with one attached hydrogen (secondary N) is 3. The largest absolute Gasteiger partial charge is 0.394 e. The minimum atomic E-state index is -1.85. The minimum absolute atomic E-state index is 0.598. The molecule has 0 aliphatic carbocycles. The maximum atomic E-state index is 13.1. The molecule has 56 heavy (non-hydrogen) atoms. The molecule has 4 heterocycles. The van der Waals surface area contributed by atoms with E-state index in [1.54, 1.807) is 6.08 Å². The number of amides is 2. The molecule has 0 aromatic carbocycles. The van der Waals surface area contributed by atoms with Crippen molar-refractivity contribution >= 4 is 11.8 Å².